The van der Waals surface area contributed by atoms with Crippen LogP contribution in [0.3, 0.4) is 0 Å². The standard InChI is InChI=1S/C28H21BO4/c1-27(2)28(3,4)33-29(32-27)17-11-10-16-15-6-5-7-18-22(15)24-19(30-18)12-8-14-9-13-20-25(21(14)24)23(16)26(17)31-20/h5-13H,1-4H3. The van der Waals surface area contributed by atoms with Crippen LogP contribution in [0.2, 0.25) is 0 Å². The molecule has 0 atom stereocenters. The van der Waals surface area contributed by atoms with E-state index in [1.54, 1.807) is 0 Å². The SMILES string of the molecule is CC1(C)OB(c2ccc3c4c2oc2ccc5ccc6oc7cccc-3c7c6c5c24)OC1(C)C. The van der Waals surface area contributed by atoms with Crippen LogP contribution in [0.5, 0.6) is 0 Å². The number of rotatable bonds is 1. The second-order valence-corrected chi connectivity index (χ2v) is 10.4. The van der Waals surface area contributed by atoms with Crippen molar-refractivity contribution in [3.8, 4) is 11.1 Å². The highest BCUT2D eigenvalue weighted by Crippen LogP contribution is 2.50. The molecule has 0 radical (unpaired) electrons. The molecule has 2 aromatic heterocycles. The van der Waals surface area contributed by atoms with Gasteiger partial charge in [0.25, 0.3) is 0 Å². The van der Waals surface area contributed by atoms with Crippen LogP contribution in [0.4, 0.5) is 0 Å². The molecule has 0 saturated carbocycles. The van der Waals surface area contributed by atoms with Crippen molar-refractivity contribution in [1.82, 2.24) is 0 Å². The molecule has 4 aromatic carbocycles. The Morgan fingerprint density at radius 3 is 1.97 bits per heavy atom. The average molecular weight is 432 g/mol. The van der Waals surface area contributed by atoms with Crippen molar-refractivity contribution in [2.45, 2.75) is 38.9 Å². The van der Waals surface area contributed by atoms with E-state index in [0.717, 1.165) is 44.1 Å². The Bertz CT molecular complexity index is 1820. The first kappa shape index (κ1) is 18.2. The van der Waals surface area contributed by atoms with Crippen LogP contribution >= 0.6 is 0 Å². The summed E-state index contributed by atoms with van der Waals surface area (Å²) >= 11 is 0. The van der Waals surface area contributed by atoms with E-state index in [2.05, 4.69) is 82.3 Å². The van der Waals surface area contributed by atoms with Gasteiger partial charge in [-0.05, 0) is 62.4 Å². The van der Waals surface area contributed by atoms with Crippen molar-refractivity contribution < 1.29 is 18.1 Å². The van der Waals surface area contributed by atoms with Crippen LogP contribution < -0.4 is 5.46 Å². The molecule has 1 aliphatic heterocycles. The molecule has 1 saturated heterocycles. The Morgan fingerprint density at radius 1 is 0.576 bits per heavy atom. The molecule has 3 heterocycles. The van der Waals surface area contributed by atoms with E-state index < -0.39 is 18.3 Å². The second-order valence-electron chi connectivity index (χ2n) is 10.4. The Morgan fingerprint density at radius 2 is 1.21 bits per heavy atom. The Balaban J connectivity index is 1.57. The quantitative estimate of drug-likeness (QED) is 0.264. The van der Waals surface area contributed by atoms with E-state index >= 15 is 0 Å². The van der Waals surface area contributed by atoms with Crippen molar-refractivity contribution in [1.29, 1.82) is 0 Å². The molecule has 4 nitrogen and oxygen atoms in total. The van der Waals surface area contributed by atoms with E-state index in [-0.39, 0.29) is 0 Å². The van der Waals surface area contributed by atoms with Gasteiger partial charge in [0.15, 0.2) is 0 Å². The molecule has 0 bridgehead atoms. The minimum atomic E-state index is -0.490. The lowest BCUT2D eigenvalue weighted by molar-refractivity contribution is 0.00578. The molecule has 0 amide bonds. The fourth-order valence-corrected chi connectivity index (χ4v) is 5.71. The Labute approximate surface area is 190 Å². The summed E-state index contributed by atoms with van der Waals surface area (Å²) in [7, 11) is -0.490. The molecule has 2 aliphatic rings. The third-order valence-electron chi connectivity index (χ3n) is 8.05. The summed E-state index contributed by atoms with van der Waals surface area (Å²) in [5, 5.41) is 6.98. The zero-order valence-electron chi connectivity index (χ0n) is 18.9. The fourth-order valence-electron chi connectivity index (χ4n) is 5.71. The summed E-state index contributed by atoms with van der Waals surface area (Å²) in [6.45, 7) is 8.32. The summed E-state index contributed by atoms with van der Waals surface area (Å²) < 4.78 is 25.7. The van der Waals surface area contributed by atoms with E-state index in [0.29, 0.717) is 0 Å². The maximum atomic E-state index is 6.58. The maximum absolute atomic E-state index is 6.58. The first-order valence-electron chi connectivity index (χ1n) is 11.5. The highest BCUT2D eigenvalue weighted by atomic mass is 16.7. The van der Waals surface area contributed by atoms with Gasteiger partial charge in [0.2, 0.25) is 0 Å². The molecule has 6 aromatic rings. The molecule has 5 heteroatoms. The van der Waals surface area contributed by atoms with Crippen LogP contribution in [0, 0.1) is 0 Å². The van der Waals surface area contributed by atoms with Crippen molar-refractivity contribution in [3.63, 3.8) is 0 Å². The van der Waals surface area contributed by atoms with Crippen LogP contribution in [-0.2, 0) is 9.31 Å². The number of furan rings is 2. The summed E-state index contributed by atoms with van der Waals surface area (Å²) in [5.74, 6) is 0. The van der Waals surface area contributed by atoms with Crippen molar-refractivity contribution in [2.24, 2.45) is 0 Å². The molecule has 160 valence electrons. The number of hydrogen-bond acceptors (Lipinski definition) is 4. The van der Waals surface area contributed by atoms with E-state index in [4.69, 9.17) is 18.1 Å². The monoisotopic (exact) mass is 432 g/mol. The van der Waals surface area contributed by atoms with Gasteiger partial charge in [-0.15, -0.1) is 0 Å². The molecular formula is C28H21BO4. The lowest BCUT2D eigenvalue weighted by Gasteiger charge is -2.32. The predicted octanol–water partition coefficient (Wildman–Crippen LogP) is 6.92. The zero-order valence-corrected chi connectivity index (χ0v) is 18.9. The van der Waals surface area contributed by atoms with Crippen molar-refractivity contribution in [3.05, 3.63) is 54.6 Å². The van der Waals surface area contributed by atoms with Crippen LogP contribution in [0.15, 0.2) is 63.4 Å². The third kappa shape index (κ3) is 2.02. The van der Waals surface area contributed by atoms with Crippen LogP contribution in [0.1, 0.15) is 27.7 Å². The van der Waals surface area contributed by atoms with Crippen LogP contribution in [0.25, 0.3) is 65.8 Å². The number of fused-ring (bicyclic) bond motifs is 1. The molecule has 0 spiro atoms. The van der Waals surface area contributed by atoms with Gasteiger partial charge in [-0.1, -0.05) is 36.4 Å². The van der Waals surface area contributed by atoms with Gasteiger partial charge in [0.1, 0.15) is 22.3 Å². The van der Waals surface area contributed by atoms with Gasteiger partial charge in [-0.25, -0.2) is 0 Å². The van der Waals surface area contributed by atoms with E-state index in [1.807, 2.05) is 0 Å². The molecular weight excluding hydrogens is 411 g/mol. The first-order chi connectivity index (χ1) is 15.8. The van der Waals surface area contributed by atoms with Crippen LogP contribution in [-0.4, -0.2) is 18.3 Å². The fraction of sp³-hybridized carbons (Fsp3) is 0.214. The Hall–Kier alpha value is -3.28. The van der Waals surface area contributed by atoms with Gasteiger partial charge < -0.3 is 18.1 Å². The number of benzene rings is 4. The average Bonchev–Trinajstić information content (AvgIpc) is 3.38. The van der Waals surface area contributed by atoms with E-state index in [1.165, 1.54) is 27.1 Å². The van der Waals surface area contributed by atoms with Crippen molar-refractivity contribution >= 4 is 67.2 Å². The largest absolute Gasteiger partial charge is 0.498 e. The van der Waals surface area contributed by atoms with Gasteiger partial charge in [0.05, 0.1) is 11.2 Å². The lowest BCUT2D eigenvalue weighted by atomic mass is 9.77. The summed E-state index contributed by atoms with van der Waals surface area (Å²) in [5.41, 5.74) is 5.95. The molecule has 33 heavy (non-hydrogen) atoms. The highest BCUT2D eigenvalue weighted by molar-refractivity contribution is 6.65. The van der Waals surface area contributed by atoms with Gasteiger partial charge in [-0.3, -0.25) is 0 Å². The minimum absolute atomic E-state index is 0.420. The molecule has 1 aliphatic carbocycles. The van der Waals surface area contributed by atoms with Gasteiger partial charge in [-0.2, -0.15) is 0 Å². The predicted molar refractivity (Wildman–Crippen MR) is 133 cm³/mol. The van der Waals surface area contributed by atoms with Crippen molar-refractivity contribution in [2.75, 3.05) is 0 Å². The van der Waals surface area contributed by atoms with Gasteiger partial charge in [0, 0.05) is 32.4 Å². The second kappa shape index (κ2) is 5.44. The first-order valence-corrected chi connectivity index (χ1v) is 11.5. The van der Waals surface area contributed by atoms with Gasteiger partial charge >= 0.3 is 7.12 Å². The maximum Gasteiger partial charge on any atom is 0.498 e. The molecule has 1 fully saturated rings. The zero-order chi connectivity index (χ0) is 22.3. The summed E-state index contributed by atoms with van der Waals surface area (Å²) in [6.07, 6.45) is 0. The topological polar surface area (TPSA) is 44.7 Å². The minimum Gasteiger partial charge on any atom is -0.456 e. The van der Waals surface area contributed by atoms with E-state index in [9.17, 15) is 0 Å². The highest BCUT2D eigenvalue weighted by Gasteiger charge is 2.52. The summed E-state index contributed by atoms with van der Waals surface area (Å²) in [4.78, 5) is 0. The number of hydrogen-bond donors (Lipinski definition) is 0. The molecule has 0 N–H and O–H groups in total. The molecule has 8 rings (SSSR count). The Kier molecular flexibility index (Phi) is 3.00. The smallest absolute Gasteiger partial charge is 0.456 e. The summed E-state index contributed by atoms with van der Waals surface area (Å²) in [6, 6.07) is 19.0. The third-order valence-corrected chi connectivity index (χ3v) is 8.05. The molecule has 0 unspecified atom stereocenters. The normalized spacial score (nSPS) is 18.5. The lowest BCUT2D eigenvalue weighted by Crippen LogP contribution is -2.41.